The first-order chi connectivity index (χ1) is 8.62. The fraction of sp³-hybridized carbons (Fsp3) is 0.750. The molecule has 1 aliphatic carbocycles. The van der Waals surface area contributed by atoms with Crippen molar-refractivity contribution in [2.24, 2.45) is 0 Å². The summed E-state index contributed by atoms with van der Waals surface area (Å²) < 4.78 is 39.0. The molecule has 2 heterocycles. The zero-order valence-electron chi connectivity index (χ0n) is 11.5. The van der Waals surface area contributed by atoms with Crippen LogP contribution in [0.5, 0.6) is 0 Å². The van der Waals surface area contributed by atoms with Crippen LogP contribution in [0.1, 0.15) is 40.2 Å². The van der Waals surface area contributed by atoms with E-state index in [1.165, 1.54) is 10.9 Å². The smallest absolute Gasteiger partial charge is 0.399 e. The van der Waals surface area contributed by atoms with E-state index in [1.807, 2.05) is 27.7 Å². The minimum absolute atomic E-state index is 0.141. The lowest BCUT2D eigenvalue weighted by Crippen LogP contribution is -2.41. The molecule has 3 rings (SSSR count). The third-order valence-electron chi connectivity index (χ3n) is 4.26. The number of hydrogen-bond donors (Lipinski definition) is 0. The van der Waals surface area contributed by atoms with Crippen molar-refractivity contribution in [3.8, 4) is 0 Å². The Morgan fingerprint density at radius 3 is 2.26 bits per heavy atom. The third-order valence-corrected chi connectivity index (χ3v) is 4.26. The largest absolute Gasteiger partial charge is 0.498 e. The van der Waals surface area contributed by atoms with Crippen LogP contribution in [0.25, 0.3) is 0 Å². The molecule has 1 unspecified atom stereocenters. The first-order valence-electron chi connectivity index (χ1n) is 6.40. The number of aromatic nitrogens is 2. The van der Waals surface area contributed by atoms with Gasteiger partial charge in [-0.1, -0.05) is 0 Å². The average molecular weight is 270 g/mol. The Morgan fingerprint density at radius 2 is 1.79 bits per heavy atom. The molecule has 1 saturated heterocycles. The van der Waals surface area contributed by atoms with Gasteiger partial charge in [0.2, 0.25) is 0 Å². The highest BCUT2D eigenvalue weighted by atomic mass is 19.3. The van der Waals surface area contributed by atoms with E-state index in [9.17, 15) is 8.78 Å². The van der Waals surface area contributed by atoms with Crippen molar-refractivity contribution in [2.75, 3.05) is 0 Å². The Balaban J connectivity index is 1.78. The van der Waals surface area contributed by atoms with Crippen molar-refractivity contribution in [2.45, 2.75) is 57.3 Å². The molecule has 1 saturated carbocycles. The van der Waals surface area contributed by atoms with Crippen LogP contribution in [0.2, 0.25) is 0 Å². The molecule has 1 aromatic heterocycles. The standard InChI is InChI=1S/C12H17BF2N2O2/c1-10(2)11(3,4)19-13(18-10)8-6-16-17(7-8)9-5-12(9,14)15/h6-7,9H,5H2,1-4H3. The lowest BCUT2D eigenvalue weighted by Gasteiger charge is -2.32. The van der Waals surface area contributed by atoms with Crippen molar-refractivity contribution < 1.29 is 18.1 Å². The average Bonchev–Trinajstić information content (AvgIpc) is 2.65. The summed E-state index contributed by atoms with van der Waals surface area (Å²) in [5, 5.41) is 3.99. The molecule has 19 heavy (non-hydrogen) atoms. The van der Waals surface area contributed by atoms with Gasteiger partial charge in [-0.2, -0.15) is 5.10 Å². The monoisotopic (exact) mass is 270 g/mol. The zero-order valence-corrected chi connectivity index (χ0v) is 11.5. The number of nitrogens with zero attached hydrogens (tertiary/aromatic N) is 2. The summed E-state index contributed by atoms with van der Waals surface area (Å²) in [5.41, 5.74) is -0.201. The van der Waals surface area contributed by atoms with Crippen LogP contribution in [-0.4, -0.2) is 34.0 Å². The maximum Gasteiger partial charge on any atom is 0.498 e. The van der Waals surface area contributed by atoms with Gasteiger partial charge in [0, 0.05) is 24.3 Å². The molecule has 0 amide bonds. The summed E-state index contributed by atoms with van der Waals surface area (Å²) >= 11 is 0. The third kappa shape index (κ3) is 1.99. The molecule has 0 radical (unpaired) electrons. The van der Waals surface area contributed by atoms with E-state index >= 15 is 0 Å². The van der Waals surface area contributed by atoms with E-state index in [0.29, 0.717) is 5.46 Å². The van der Waals surface area contributed by atoms with Crippen LogP contribution in [0, 0.1) is 0 Å². The minimum atomic E-state index is -2.63. The van der Waals surface area contributed by atoms with E-state index in [2.05, 4.69) is 5.10 Å². The van der Waals surface area contributed by atoms with Crippen LogP contribution < -0.4 is 5.46 Å². The zero-order chi connectivity index (χ0) is 14.1. The molecule has 1 aromatic rings. The topological polar surface area (TPSA) is 36.3 Å². The fourth-order valence-corrected chi connectivity index (χ4v) is 2.11. The Hall–Kier alpha value is -0.945. The quantitative estimate of drug-likeness (QED) is 0.768. The van der Waals surface area contributed by atoms with Crippen molar-refractivity contribution in [1.82, 2.24) is 9.78 Å². The normalized spacial score (nSPS) is 30.6. The Labute approximate surface area is 111 Å². The highest BCUT2D eigenvalue weighted by Gasteiger charge is 2.59. The summed E-state index contributed by atoms with van der Waals surface area (Å²) in [5.74, 6) is -2.63. The van der Waals surface area contributed by atoms with Crippen LogP contribution >= 0.6 is 0 Å². The lowest BCUT2D eigenvalue weighted by atomic mass is 9.82. The van der Waals surface area contributed by atoms with Gasteiger partial charge in [-0.15, -0.1) is 0 Å². The Kier molecular flexibility index (Phi) is 2.46. The van der Waals surface area contributed by atoms with Crippen LogP contribution in [-0.2, 0) is 9.31 Å². The summed E-state index contributed by atoms with van der Waals surface area (Å²) in [6.45, 7) is 7.80. The molecule has 0 N–H and O–H groups in total. The maximum absolute atomic E-state index is 13.0. The van der Waals surface area contributed by atoms with Gasteiger partial charge in [0.15, 0.2) is 0 Å². The van der Waals surface area contributed by atoms with Gasteiger partial charge in [0.1, 0.15) is 6.04 Å². The highest BCUT2D eigenvalue weighted by molar-refractivity contribution is 6.62. The molecule has 0 aromatic carbocycles. The fourth-order valence-electron chi connectivity index (χ4n) is 2.11. The van der Waals surface area contributed by atoms with Gasteiger partial charge < -0.3 is 9.31 Å². The highest BCUT2D eigenvalue weighted by Crippen LogP contribution is 2.51. The number of alkyl halides is 2. The van der Waals surface area contributed by atoms with Crippen molar-refractivity contribution in [1.29, 1.82) is 0 Å². The van der Waals surface area contributed by atoms with E-state index < -0.39 is 30.3 Å². The molecular weight excluding hydrogens is 253 g/mol. The van der Waals surface area contributed by atoms with E-state index in [0.717, 1.165) is 0 Å². The predicted molar refractivity (Wildman–Crippen MR) is 66.5 cm³/mol. The molecule has 2 fully saturated rings. The Bertz CT molecular complexity index is 500. The second-order valence-electron chi connectivity index (χ2n) is 6.32. The van der Waals surface area contributed by atoms with Crippen LogP contribution in [0.15, 0.2) is 12.4 Å². The number of halogens is 2. The number of hydrogen-bond acceptors (Lipinski definition) is 3. The first kappa shape index (κ1) is 13.1. The molecular formula is C12H17BF2N2O2. The van der Waals surface area contributed by atoms with E-state index in [4.69, 9.17) is 9.31 Å². The molecule has 1 atom stereocenters. The SMILES string of the molecule is CC1(C)OB(c2cnn(C3CC3(F)F)c2)OC1(C)C. The van der Waals surface area contributed by atoms with Gasteiger partial charge in [-0.25, -0.2) is 8.78 Å². The van der Waals surface area contributed by atoms with Gasteiger partial charge in [0.25, 0.3) is 5.92 Å². The second kappa shape index (κ2) is 3.58. The summed E-state index contributed by atoms with van der Waals surface area (Å²) in [6.07, 6.45) is 2.99. The van der Waals surface area contributed by atoms with E-state index in [-0.39, 0.29) is 6.42 Å². The van der Waals surface area contributed by atoms with E-state index in [1.54, 1.807) is 6.20 Å². The molecule has 4 nitrogen and oxygen atoms in total. The van der Waals surface area contributed by atoms with Crippen LogP contribution in [0.3, 0.4) is 0 Å². The number of rotatable bonds is 2. The van der Waals surface area contributed by atoms with Crippen molar-refractivity contribution in [3.05, 3.63) is 12.4 Å². The van der Waals surface area contributed by atoms with Gasteiger partial charge >= 0.3 is 7.12 Å². The predicted octanol–water partition coefficient (Wildman–Crippen LogP) is 1.76. The van der Waals surface area contributed by atoms with Gasteiger partial charge in [-0.3, -0.25) is 4.68 Å². The molecule has 0 spiro atoms. The molecule has 1 aliphatic heterocycles. The Morgan fingerprint density at radius 1 is 1.26 bits per heavy atom. The first-order valence-corrected chi connectivity index (χ1v) is 6.40. The van der Waals surface area contributed by atoms with Gasteiger partial charge in [0.05, 0.1) is 11.2 Å². The summed E-state index contributed by atoms with van der Waals surface area (Å²) in [6, 6.07) is -0.816. The van der Waals surface area contributed by atoms with Crippen LogP contribution in [0.4, 0.5) is 8.78 Å². The van der Waals surface area contributed by atoms with Crippen molar-refractivity contribution >= 4 is 12.6 Å². The summed E-state index contributed by atoms with van der Waals surface area (Å²) in [4.78, 5) is 0. The minimum Gasteiger partial charge on any atom is -0.399 e. The molecule has 7 heteroatoms. The van der Waals surface area contributed by atoms with Crippen molar-refractivity contribution in [3.63, 3.8) is 0 Å². The summed E-state index contributed by atoms with van der Waals surface area (Å²) in [7, 11) is -0.550. The van der Waals surface area contributed by atoms with Gasteiger partial charge in [-0.05, 0) is 27.7 Å². The maximum atomic E-state index is 13.0. The molecule has 104 valence electrons. The lowest BCUT2D eigenvalue weighted by molar-refractivity contribution is 0.00578. The molecule has 2 aliphatic rings. The second-order valence-corrected chi connectivity index (χ2v) is 6.32. The molecule has 0 bridgehead atoms.